The number of ketones is 1. The Balaban J connectivity index is 1.59. The molecule has 2 aliphatic carbocycles. The van der Waals surface area contributed by atoms with Crippen LogP contribution in [0.25, 0.3) is 0 Å². The number of ether oxygens (including phenoxy) is 2. The summed E-state index contributed by atoms with van der Waals surface area (Å²) in [5.74, 6) is -1.69. The van der Waals surface area contributed by atoms with Crippen LogP contribution in [0, 0.1) is 11.8 Å². The number of benzene rings is 1. The number of aliphatic hydroxyl groups excluding tert-OH is 1. The van der Waals surface area contributed by atoms with E-state index in [1.165, 1.54) is 0 Å². The normalized spacial score (nSPS) is 28.3. The maximum Gasteiger partial charge on any atom is 0.321 e. The lowest BCUT2D eigenvalue weighted by Crippen LogP contribution is -2.17. The van der Waals surface area contributed by atoms with Crippen LogP contribution in [0.5, 0.6) is 5.75 Å². The summed E-state index contributed by atoms with van der Waals surface area (Å²) in [5.41, 5.74) is 1.05. The van der Waals surface area contributed by atoms with E-state index in [2.05, 4.69) is 4.74 Å². The highest BCUT2D eigenvalue weighted by Crippen LogP contribution is 2.35. The van der Waals surface area contributed by atoms with E-state index >= 15 is 0 Å². The minimum Gasteiger partial charge on any atom is -0.458 e. The van der Waals surface area contributed by atoms with Gasteiger partial charge in [-0.3, -0.25) is 14.4 Å². The molecule has 1 heterocycles. The van der Waals surface area contributed by atoms with Crippen molar-refractivity contribution < 1.29 is 29.0 Å². The van der Waals surface area contributed by atoms with E-state index in [9.17, 15) is 19.5 Å². The Morgan fingerprint density at radius 3 is 2.74 bits per heavy atom. The van der Waals surface area contributed by atoms with Crippen molar-refractivity contribution in [3.63, 3.8) is 0 Å². The van der Waals surface area contributed by atoms with Crippen molar-refractivity contribution >= 4 is 17.7 Å². The summed E-state index contributed by atoms with van der Waals surface area (Å²) in [6, 6.07) is 4.88. The molecule has 4 rings (SSSR count). The summed E-state index contributed by atoms with van der Waals surface area (Å²) >= 11 is 0. The van der Waals surface area contributed by atoms with Gasteiger partial charge in [0.15, 0.2) is 5.78 Å². The number of carbonyl (C=O) groups is 3. The predicted molar refractivity (Wildman–Crippen MR) is 76.3 cm³/mol. The summed E-state index contributed by atoms with van der Waals surface area (Å²) in [5, 5.41) is 9.75. The highest BCUT2D eigenvalue weighted by atomic mass is 16.6. The molecular formula is C17H12O6. The number of hydrogen-bond acceptors (Lipinski definition) is 6. The molecule has 6 nitrogen and oxygen atoms in total. The van der Waals surface area contributed by atoms with Gasteiger partial charge in [-0.05, 0) is 29.8 Å². The van der Waals surface area contributed by atoms with E-state index < -0.39 is 29.9 Å². The molecule has 3 atom stereocenters. The van der Waals surface area contributed by atoms with E-state index in [0.717, 1.165) is 0 Å². The molecule has 0 amide bonds. The summed E-state index contributed by atoms with van der Waals surface area (Å²) in [6.07, 6.45) is 4.04. The Hall–Kier alpha value is -2.73. The van der Waals surface area contributed by atoms with Crippen LogP contribution >= 0.6 is 0 Å². The van der Waals surface area contributed by atoms with E-state index in [-0.39, 0.29) is 12.2 Å². The molecule has 3 unspecified atom stereocenters. The fourth-order valence-electron chi connectivity index (χ4n) is 3.06. The number of fused-ring (bicyclic) bond motifs is 2. The van der Waals surface area contributed by atoms with E-state index in [1.54, 1.807) is 36.4 Å². The number of aliphatic hydroxyl groups is 1. The van der Waals surface area contributed by atoms with Crippen LogP contribution in [-0.2, 0) is 14.3 Å². The second-order valence-corrected chi connectivity index (χ2v) is 5.71. The van der Waals surface area contributed by atoms with Crippen molar-refractivity contribution in [3.8, 4) is 5.75 Å². The summed E-state index contributed by atoms with van der Waals surface area (Å²) in [7, 11) is 0. The van der Waals surface area contributed by atoms with Crippen LogP contribution in [0.2, 0.25) is 0 Å². The largest absolute Gasteiger partial charge is 0.458 e. The van der Waals surface area contributed by atoms with E-state index in [4.69, 9.17) is 4.74 Å². The van der Waals surface area contributed by atoms with Crippen molar-refractivity contribution in [1.82, 2.24) is 0 Å². The molecule has 0 radical (unpaired) electrons. The molecule has 0 saturated carbocycles. The molecule has 0 aromatic heterocycles. The van der Waals surface area contributed by atoms with E-state index in [1.807, 2.05) is 0 Å². The molecular weight excluding hydrogens is 300 g/mol. The quantitative estimate of drug-likeness (QED) is 0.657. The van der Waals surface area contributed by atoms with Crippen LogP contribution in [0.15, 0.2) is 42.2 Å². The number of allylic oxidation sites excluding steroid dienone is 1. The molecule has 1 aliphatic heterocycles. The lowest BCUT2D eigenvalue weighted by molar-refractivity contribution is -0.153. The van der Waals surface area contributed by atoms with Crippen molar-refractivity contribution in [2.75, 3.05) is 0 Å². The Morgan fingerprint density at radius 1 is 1.13 bits per heavy atom. The molecule has 1 N–H and O–H groups in total. The zero-order valence-corrected chi connectivity index (χ0v) is 11.9. The Morgan fingerprint density at radius 2 is 1.91 bits per heavy atom. The number of cyclic esters (lactones) is 2. The van der Waals surface area contributed by atoms with Gasteiger partial charge in [0.25, 0.3) is 0 Å². The number of rotatable bonds is 2. The van der Waals surface area contributed by atoms with Gasteiger partial charge in [-0.25, -0.2) is 0 Å². The van der Waals surface area contributed by atoms with Crippen molar-refractivity contribution in [1.29, 1.82) is 0 Å². The van der Waals surface area contributed by atoms with E-state index in [0.29, 0.717) is 22.6 Å². The van der Waals surface area contributed by atoms with Gasteiger partial charge >= 0.3 is 11.9 Å². The molecule has 1 aromatic rings. The van der Waals surface area contributed by atoms with Gasteiger partial charge in [0.05, 0.1) is 17.9 Å². The monoisotopic (exact) mass is 312 g/mol. The first-order valence-corrected chi connectivity index (χ1v) is 7.21. The van der Waals surface area contributed by atoms with Gasteiger partial charge in [-0.2, -0.15) is 0 Å². The minimum atomic E-state index is -0.764. The first-order valence-electron chi connectivity index (χ1n) is 7.21. The molecule has 1 fully saturated rings. The van der Waals surface area contributed by atoms with Gasteiger partial charge in [-0.1, -0.05) is 12.1 Å². The molecule has 1 aromatic carbocycles. The third-order valence-corrected chi connectivity index (χ3v) is 4.24. The van der Waals surface area contributed by atoms with Crippen LogP contribution in [0.4, 0.5) is 0 Å². The molecule has 0 bridgehead atoms. The molecule has 6 heteroatoms. The lowest BCUT2D eigenvalue weighted by atomic mass is 9.90. The first-order chi connectivity index (χ1) is 11.0. The van der Waals surface area contributed by atoms with Gasteiger partial charge in [0.2, 0.25) is 0 Å². The molecule has 3 aliphatic rings. The summed E-state index contributed by atoms with van der Waals surface area (Å²) < 4.78 is 10.3. The Kier molecular flexibility index (Phi) is 2.96. The van der Waals surface area contributed by atoms with Crippen LogP contribution < -0.4 is 4.74 Å². The maximum absolute atomic E-state index is 11.8. The highest BCUT2D eigenvalue weighted by Gasteiger charge is 2.43. The zero-order valence-electron chi connectivity index (χ0n) is 11.9. The zero-order chi connectivity index (χ0) is 16.1. The smallest absolute Gasteiger partial charge is 0.321 e. The fraction of sp³-hybridized carbons (Fsp3) is 0.235. The highest BCUT2D eigenvalue weighted by molar-refractivity contribution is 6.01. The van der Waals surface area contributed by atoms with Gasteiger partial charge < -0.3 is 14.6 Å². The fourth-order valence-corrected chi connectivity index (χ4v) is 3.06. The summed E-state index contributed by atoms with van der Waals surface area (Å²) in [6.45, 7) is 0. The average molecular weight is 312 g/mol. The first kappa shape index (κ1) is 13.9. The topological polar surface area (TPSA) is 89.9 Å². The third kappa shape index (κ3) is 2.19. The van der Waals surface area contributed by atoms with Crippen molar-refractivity contribution in [3.05, 3.63) is 53.3 Å². The Bertz CT molecular complexity index is 803. The number of esters is 2. The third-order valence-electron chi connectivity index (χ3n) is 4.24. The molecule has 0 spiro atoms. The average Bonchev–Trinajstić information content (AvgIpc) is 2.96. The number of hydrogen-bond donors (Lipinski definition) is 1. The van der Waals surface area contributed by atoms with Gasteiger partial charge in [0.1, 0.15) is 11.5 Å². The maximum atomic E-state index is 11.8. The molecule has 116 valence electrons. The van der Waals surface area contributed by atoms with Crippen molar-refractivity contribution in [2.45, 2.75) is 12.5 Å². The molecule has 1 saturated heterocycles. The van der Waals surface area contributed by atoms with Crippen molar-refractivity contribution in [2.24, 2.45) is 11.8 Å². The lowest BCUT2D eigenvalue weighted by Gasteiger charge is -2.15. The van der Waals surface area contributed by atoms with Gasteiger partial charge in [0, 0.05) is 12.0 Å². The van der Waals surface area contributed by atoms with Crippen LogP contribution in [-0.4, -0.2) is 22.8 Å². The SMILES string of the molecule is O=C1CC(O)c2ccc(OC3=CC4C(=O)OC(=O)C4C=C3)cc21. The summed E-state index contributed by atoms with van der Waals surface area (Å²) in [4.78, 5) is 34.9. The van der Waals surface area contributed by atoms with Crippen LogP contribution in [0.3, 0.4) is 0 Å². The van der Waals surface area contributed by atoms with Gasteiger partial charge in [-0.15, -0.1) is 0 Å². The predicted octanol–water partition coefficient (Wildman–Crippen LogP) is 1.45. The minimum absolute atomic E-state index is 0.0824. The number of carbonyl (C=O) groups excluding carboxylic acids is 3. The molecule has 23 heavy (non-hydrogen) atoms. The Labute approximate surface area is 131 Å². The second-order valence-electron chi connectivity index (χ2n) is 5.71. The number of Topliss-reactive ketones (excluding diaryl/α,β-unsaturated/α-hetero) is 1. The standard InChI is InChI=1S/C17H12O6/c18-14-7-15(19)12-5-8(1-3-10(12)14)22-9-2-4-11-13(6-9)17(21)23-16(11)20/h1-6,11,13-14,18H,7H2. The van der Waals surface area contributed by atoms with Crippen LogP contribution in [0.1, 0.15) is 28.4 Å². The second kappa shape index (κ2) is 4.89.